The molecule has 1 fully saturated rings. The van der Waals surface area contributed by atoms with Crippen LogP contribution >= 0.6 is 0 Å². The van der Waals surface area contributed by atoms with E-state index in [1.807, 2.05) is 6.92 Å². The highest BCUT2D eigenvalue weighted by molar-refractivity contribution is 7.84. The molecule has 1 aliphatic carbocycles. The van der Waals surface area contributed by atoms with Gasteiger partial charge in [0.15, 0.2) is 0 Å². The zero-order valence-corrected chi connectivity index (χ0v) is 10.7. The van der Waals surface area contributed by atoms with E-state index in [1.54, 1.807) is 0 Å². The number of hydrogen-bond acceptors (Lipinski definition) is 2. The third-order valence-corrected chi connectivity index (χ3v) is 4.77. The van der Waals surface area contributed by atoms with Crippen LogP contribution in [0.5, 0.6) is 0 Å². The molecule has 0 spiro atoms. The van der Waals surface area contributed by atoms with Gasteiger partial charge in [0, 0.05) is 28.3 Å². The van der Waals surface area contributed by atoms with Crippen molar-refractivity contribution < 1.29 is 4.21 Å². The topological polar surface area (TPSA) is 43.1 Å². The Morgan fingerprint density at radius 1 is 1.33 bits per heavy atom. The van der Waals surface area contributed by atoms with Gasteiger partial charge in [-0.3, -0.25) is 4.21 Å². The van der Waals surface area contributed by atoms with Gasteiger partial charge in [0.2, 0.25) is 0 Å². The molecule has 0 amide bonds. The second-order valence-corrected chi connectivity index (χ2v) is 6.56. The molecule has 0 saturated heterocycles. The van der Waals surface area contributed by atoms with E-state index >= 15 is 0 Å². The average Bonchev–Trinajstić information content (AvgIpc) is 2.64. The van der Waals surface area contributed by atoms with Gasteiger partial charge >= 0.3 is 0 Å². The van der Waals surface area contributed by atoms with Crippen molar-refractivity contribution in [1.82, 2.24) is 0 Å². The summed E-state index contributed by atoms with van der Waals surface area (Å²) < 4.78 is 11.7. The van der Waals surface area contributed by atoms with Crippen LogP contribution < -0.4 is 5.73 Å². The Hall–Kier alpha value is 0.110. The minimum Gasteiger partial charge on any atom is -0.328 e. The van der Waals surface area contributed by atoms with E-state index in [9.17, 15) is 4.21 Å². The molecule has 0 heterocycles. The van der Waals surface area contributed by atoms with Gasteiger partial charge in [-0.2, -0.15) is 0 Å². The van der Waals surface area contributed by atoms with Gasteiger partial charge < -0.3 is 5.73 Å². The van der Waals surface area contributed by atoms with Gasteiger partial charge in [-0.1, -0.05) is 19.3 Å². The van der Waals surface area contributed by atoms with Crippen molar-refractivity contribution in [2.45, 2.75) is 57.9 Å². The summed E-state index contributed by atoms with van der Waals surface area (Å²) in [5, 5.41) is 0. The number of hydrogen-bond donors (Lipinski definition) is 1. The average molecular weight is 231 g/mol. The lowest BCUT2D eigenvalue weighted by atomic mass is 10.1. The third-order valence-electron chi connectivity index (χ3n) is 3.18. The van der Waals surface area contributed by atoms with Crippen LogP contribution in [-0.2, 0) is 10.8 Å². The van der Waals surface area contributed by atoms with Crippen LogP contribution in [0.3, 0.4) is 0 Å². The van der Waals surface area contributed by atoms with Gasteiger partial charge in [-0.25, -0.2) is 0 Å². The van der Waals surface area contributed by atoms with Crippen LogP contribution in [0.2, 0.25) is 0 Å². The first kappa shape index (κ1) is 13.2. The van der Waals surface area contributed by atoms with Gasteiger partial charge in [-0.05, 0) is 38.5 Å². The molecule has 2 N–H and O–H groups in total. The maximum absolute atomic E-state index is 11.7. The zero-order chi connectivity index (χ0) is 11.1. The first-order valence-corrected chi connectivity index (χ1v) is 7.78. The lowest BCUT2D eigenvalue weighted by molar-refractivity contribution is 0.595. The molecule has 0 radical (unpaired) electrons. The predicted molar refractivity (Wildman–Crippen MR) is 67.3 cm³/mol. The molecule has 0 bridgehead atoms. The van der Waals surface area contributed by atoms with Crippen LogP contribution in [0.15, 0.2) is 0 Å². The Kier molecular flexibility index (Phi) is 6.50. The lowest BCUT2D eigenvalue weighted by Gasteiger charge is -2.08. The van der Waals surface area contributed by atoms with Crippen LogP contribution in [0, 0.1) is 5.92 Å². The third kappa shape index (κ3) is 6.31. The zero-order valence-electron chi connectivity index (χ0n) is 9.91. The summed E-state index contributed by atoms with van der Waals surface area (Å²) in [6.07, 6.45) is 8.62. The fourth-order valence-electron chi connectivity index (χ4n) is 2.25. The molecule has 0 aromatic carbocycles. The molecule has 2 nitrogen and oxygen atoms in total. The van der Waals surface area contributed by atoms with Gasteiger partial charge in [-0.15, -0.1) is 0 Å². The van der Waals surface area contributed by atoms with Gasteiger partial charge in [0.1, 0.15) is 0 Å². The second-order valence-electron chi connectivity index (χ2n) is 4.93. The molecular formula is C12H25NOS. The van der Waals surface area contributed by atoms with E-state index in [1.165, 1.54) is 25.7 Å². The van der Waals surface area contributed by atoms with Crippen LogP contribution in [-0.4, -0.2) is 21.8 Å². The van der Waals surface area contributed by atoms with Crippen molar-refractivity contribution in [3.05, 3.63) is 0 Å². The Morgan fingerprint density at radius 2 is 2.00 bits per heavy atom. The predicted octanol–water partition coefficient (Wildman–Crippen LogP) is 2.44. The van der Waals surface area contributed by atoms with E-state index < -0.39 is 10.8 Å². The minimum atomic E-state index is -0.565. The molecule has 0 aromatic rings. The van der Waals surface area contributed by atoms with E-state index in [-0.39, 0.29) is 0 Å². The summed E-state index contributed by atoms with van der Waals surface area (Å²) in [6, 6.07) is 0.299. The van der Waals surface area contributed by atoms with Crippen molar-refractivity contribution in [2.24, 2.45) is 11.7 Å². The summed E-state index contributed by atoms with van der Waals surface area (Å²) in [5.74, 6) is 2.61. The largest absolute Gasteiger partial charge is 0.328 e. The highest BCUT2D eigenvalue weighted by Crippen LogP contribution is 2.25. The molecule has 0 aliphatic heterocycles. The minimum absolute atomic E-state index is 0.299. The fourth-order valence-corrected chi connectivity index (χ4v) is 3.80. The summed E-state index contributed by atoms with van der Waals surface area (Å²) >= 11 is 0. The van der Waals surface area contributed by atoms with Crippen LogP contribution in [0.25, 0.3) is 0 Å². The first-order valence-electron chi connectivity index (χ1n) is 6.29. The molecular weight excluding hydrogens is 206 g/mol. The van der Waals surface area contributed by atoms with Crippen molar-refractivity contribution in [1.29, 1.82) is 0 Å². The normalized spacial score (nSPS) is 21.7. The van der Waals surface area contributed by atoms with Crippen LogP contribution in [0.4, 0.5) is 0 Å². The Labute approximate surface area is 96.5 Å². The van der Waals surface area contributed by atoms with Gasteiger partial charge in [0.05, 0.1) is 0 Å². The molecule has 1 saturated carbocycles. The first-order chi connectivity index (χ1) is 7.18. The molecule has 1 aliphatic rings. The van der Waals surface area contributed by atoms with E-state index in [0.29, 0.717) is 6.04 Å². The smallest absolute Gasteiger partial charge is 0.0263 e. The molecule has 2 unspecified atom stereocenters. The standard InChI is InChI=1S/C12H25NOS/c1-11(13)6-4-5-9-15(14)10-12-7-2-3-8-12/h11-12H,2-10,13H2,1H3. The van der Waals surface area contributed by atoms with E-state index in [2.05, 4.69) is 0 Å². The summed E-state index contributed by atoms with van der Waals surface area (Å²) in [4.78, 5) is 0. The fraction of sp³-hybridized carbons (Fsp3) is 1.00. The second kappa shape index (κ2) is 7.39. The number of unbranched alkanes of at least 4 members (excludes halogenated alkanes) is 1. The van der Waals surface area contributed by atoms with Crippen LogP contribution in [0.1, 0.15) is 51.9 Å². The number of nitrogens with two attached hydrogens (primary N) is 1. The Balaban J connectivity index is 1.98. The molecule has 1 rings (SSSR count). The summed E-state index contributed by atoms with van der Waals surface area (Å²) in [6.45, 7) is 2.04. The van der Waals surface area contributed by atoms with Gasteiger partial charge in [0.25, 0.3) is 0 Å². The van der Waals surface area contributed by atoms with Crippen molar-refractivity contribution >= 4 is 10.8 Å². The van der Waals surface area contributed by atoms with Crippen molar-refractivity contribution in [2.75, 3.05) is 11.5 Å². The summed E-state index contributed by atoms with van der Waals surface area (Å²) in [7, 11) is -0.565. The number of rotatable bonds is 7. The molecule has 15 heavy (non-hydrogen) atoms. The SMILES string of the molecule is CC(N)CCCCS(=O)CC1CCCC1. The Morgan fingerprint density at radius 3 is 2.60 bits per heavy atom. The molecule has 90 valence electrons. The highest BCUT2D eigenvalue weighted by atomic mass is 32.2. The summed E-state index contributed by atoms with van der Waals surface area (Å²) in [5.41, 5.74) is 5.67. The van der Waals surface area contributed by atoms with E-state index in [0.717, 1.165) is 36.7 Å². The molecule has 3 heteroatoms. The highest BCUT2D eigenvalue weighted by Gasteiger charge is 2.17. The Bertz CT molecular complexity index is 188. The monoisotopic (exact) mass is 231 g/mol. The van der Waals surface area contributed by atoms with E-state index in [4.69, 9.17) is 5.73 Å². The van der Waals surface area contributed by atoms with Crippen molar-refractivity contribution in [3.8, 4) is 0 Å². The molecule has 0 aromatic heterocycles. The van der Waals surface area contributed by atoms with Crippen molar-refractivity contribution in [3.63, 3.8) is 0 Å². The lowest BCUT2D eigenvalue weighted by Crippen LogP contribution is -2.15. The maximum Gasteiger partial charge on any atom is 0.0263 e. The quantitative estimate of drug-likeness (QED) is 0.684. The maximum atomic E-state index is 11.7. The molecule has 2 atom stereocenters.